The van der Waals surface area contributed by atoms with Gasteiger partial charge in [-0.05, 0) is 46.5 Å². The van der Waals surface area contributed by atoms with E-state index in [0.717, 1.165) is 37.5 Å². The van der Waals surface area contributed by atoms with Crippen LogP contribution in [0.1, 0.15) is 70.6 Å². The van der Waals surface area contributed by atoms with E-state index in [4.69, 9.17) is 4.74 Å². The van der Waals surface area contributed by atoms with E-state index in [1.165, 1.54) is 12.8 Å². The van der Waals surface area contributed by atoms with Crippen LogP contribution in [-0.4, -0.2) is 33.4 Å². The minimum atomic E-state index is -0.103. The number of aryl methyl sites for hydroxylation is 1. The molecule has 0 radical (unpaired) electrons. The van der Waals surface area contributed by atoms with E-state index in [2.05, 4.69) is 33.9 Å². The maximum Gasteiger partial charge on any atom is 0.305 e. The highest BCUT2D eigenvalue weighted by atomic mass is 16.5. The third-order valence-electron chi connectivity index (χ3n) is 4.13. The minimum absolute atomic E-state index is 0.103. The van der Waals surface area contributed by atoms with Crippen molar-refractivity contribution in [1.29, 1.82) is 0 Å². The average molecular weight is 308 g/mol. The van der Waals surface area contributed by atoms with Gasteiger partial charge in [0.05, 0.1) is 12.6 Å². The molecule has 1 aromatic heterocycles. The second-order valence-electron chi connectivity index (χ2n) is 6.07. The molecule has 0 saturated carbocycles. The van der Waals surface area contributed by atoms with Crippen molar-refractivity contribution in [3.63, 3.8) is 0 Å². The summed E-state index contributed by atoms with van der Waals surface area (Å²) in [4.78, 5) is 11.3. The smallest absolute Gasteiger partial charge is 0.305 e. The Kier molecular flexibility index (Phi) is 6.36. The average Bonchev–Trinajstić information content (AvgIpc) is 2.91. The lowest BCUT2D eigenvalue weighted by molar-refractivity contribution is -0.143. The molecule has 0 fully saturated rings. The Morgan fingerprint density at radius 3 is 2.95 bits per heavy atom. The molecule has 1 N–H and O–H groups in total. The summed E-state index contributed by atoms with van der Waals surface area (Å²) in [5.74, 6) is 2.05. The third kappa shape index (κ3) is 4.53. The van der Waals surface area contributed by atoms with E-state index in [-0.39, 0.29) is 12.0 Å². The second-order valence-corrected chi connectivity index (χ2v) is 6.07. The summed E-state index contributed by atoms with van der Waals surface area (Å²) < 4.78 is 7.20. The van der Waals surface area contributed by atoms with Crippen molar-refractivity contribution >= 4 is 5.97 Å². The van der Waals surface area contributed by atoms with Crippen LogP contribution < -0.4 is 5.32 Å². The fourth-order valence-electron chi connectivity index (χ4n) is 3.02. The van der Waals surface area contributed by atoms with Gasteiger partial charge in [-0.15, -0.1) is 10.2 Å². The van der Waals surface area contributed by atoms with Crippen LogP contribution in [0.2, 0.25) is 0 Å². The molecule has 22 heavy (non-hydrogen) atoms. The van der Waals surface area contributed by atoms with Crippen LogP contribution in [0, 0.1) is 0 Å². The Bertz CT molecular complexity index is 486. The van der Waals surface area contributed by atoms with Crippen LogP contribution in [-0.2, 0) is 22.5 Å². The van der Waals surface area contributed by atoms with Crippen LogP contribution in [0.4, 0.5) is 0 Å². The number of fused-ring (bicyclic) bond motifs is 1. The Morgan fingerprint density at radius 1 is 1.36 bits per heavy atom. The number of nitrogens with one attached hydrogen (secondary N) is 1. The van der Waals surface area contributed by atoms with Gasteiger partial charge in [-0.3, -0.25) is 4.79 Å². The highest BCUT2D eigenvalue weighted by Gasteiger charge is 2.20. The molecular weight excluding hydrogens is 280 g/mol. The lowest BCUT2D eigenvalue weighted by atomic mass is 10.1. The predicted octanol–water partition coefficient (Wildman–Crippen LogP) is 2.39. The molecule has 0 spiro atoms. The van der Waals surface area contributed by atoms with Gasteiger partial charge in [0.1, 0.15) is 11.6 Å². The quantitative estimate of drug-likeness (QED) is 0.747. The number of aromatic nitrogens is 3. The van der Waals surface area contributed by atoms with E-state index >= 15 is 0 Å². The number of hydrogen-bond acceptors (Lipinski definition) is 5. The highest BCUT2D eigenvalue weighted by molar-refractivity contribution is 5.69. The Hall–Kier alpha value is -1.43. The van der Waals surface area contributed by atoms with Crippen LogP contribution in [0.5, 0.6) is 0 Å². The number of rotatable bonds is 8. The lowest BCUT2D eigenvalue weighted by Crippen LogP contribution is -2.31. The van der Waals surface area contributed by atoms with Crippen LogP contribution in [0.15, 0.2) is 0 Å². The van der Waals surface area contributed by atoms with Crippen LogP contribution in [0.25, 0.3) is 0 Å². The molecule has 2 heterocycles. The normalized spacial score (nSPS) is 16.9. The van der Waals surface area contributed by atoms with Gasteiger partial charge in [-0.1, -0.05) is 0 Å². The largest absolute Gasteiger partial charge is 0.466 e. The number of nitrogens with zero attached hydrogens (tertiary/aromatic N) is 3. The molecule has 0 aromatic carbocycles. The molecule has 0 saturated heterocycles. The van der Waals surface area contributed by atoms with Crippen molar-refractivity contribution in [1.82, 2.24) is 20.1 Å². The van der Waals surface area contributed by atoms with Gasteiger partial charge < -0.3 is 14.6 Å². The molecule has 1 aliphatic heterocycles. The maximum atomic E-state index is 11.3. The summed E-state index contributed by atoms with van der Waals surface area (Å²) in [6.45, 7) is 7.61. The van der Waals surface area contributed by atoms with E-state index in [1.54, 1.807) is 0 Å². The zero-order valence-corrected chi connectivity index (χ0v) is 14.0. The lowest BCUT2D eigenvalue weighted by Gasteiger charge is -2.22. The summed E-state index contributed by atoms with van der Waals surface area (Å²) in [7, 11) is 0. The van der Waals surface area contributed by atoms with Crippen molar-refractivity contribution in [3.05, 3.63) is 11.6 Å². The topological polar surface area (TPSA) is 69.0 Å². The molecular formula is C16H28N4O2. The first-order chi connectivity index (χ1) is 10.6. The molecule has 124 valence electrons. The van der Waals surface area contributed by atoms with Crippen LogP contribution in [0.3, 0.4) is 0 Å². The number of hydrogen-bond donors (Lipinski definition) is 1. The van der Waals surface area contributed by atoms with Gasteiger partial charge in [0.2, 0.25) is 0 Å². The van der Waals surface area contributed by atoms with Gasteiger partial charge in [0.25, 0.3) is 0 Å². The zero-order valence-electron chi connectivity index (χ0n) is 14.0. The summed E-state index contributed by atoms with van der Waals surface area (Å²) in [5.41, 5.74) is 0. The summed E-state index contributed by atoms with van der Waals surface area (Å²) in [5, 5.41) is 12.2. The molecule has 0 amide bonds. The Labute approximate surface area is 132 Å². The molecule has 6 nitrogen and oxygen atoms in total. The van der Waals surface area contributed by atoms with Gasteiger partial charge in [0, 0.05) is 25.4 Å². The van der Waals surface area contributed by atoms with Gasteiger partial charge in [0.15, 0.2) is 0 Å². The number of ether oxygens (including phenoxy) is 1. The van der Waals surface area contributed by atoms with Crippen molar-refractivity contribution in [2.24, 2.45) is 0 Å². The standard InChI is InChI=1S/C16H28N4O2/c1-4-22-15(21)10-7-8-12(2)17-13(3)16-19-18-14-9-5-6-11-20(14)16/h12-13,17H,4-11H2,1-3H3/t12-,13-/m1/s1. The molecule has 1 aromatic rings. The first-order valence-corrected chi connectivity index (χ1v) is 8.45. The fourth-order valence-corrected chi connectivity index (χ4v) is 3.02. The van der Waals surface area contributed by atoms with Gasteiger partial charge in [-0.25, -0.2) is 0 Å². The highest BCUT2D eigenvalue weighted by Crippen LogP contribution is 2.19. The van der Waals surface area contributed by atoms with Crippen molar-refractivity contribution in [2.45, 2.75) is 77.9 Å². The summed E-state index contributed by atoms with van der Waals surface area (Å²) >= 11 is 0. The van der Waals surface area contributed by atoms with Crippen molar-refractivity contribution in [3.8, 4) is 0 Å². The first kappa shape index (κ1) is 16.9. The SMILES string of the molecule is CCOC(=O)CCC[C@@H](C)N[C@H](C)c1nnc2n1CCCC2. The molecule has 0 bridgehead atoms. The van der Waals surface area contributed by atoms with Gasteiger partial charge >= 0.3 is 5.97 Å². The Morgan fingerprint density at radius 2 is 2.18 bits per heavy atom. The molecule has 2 atom stereocenters. The summed E-state index contributed by atoms with van der Waals surface area (Å²) in [6, 6.07) is 0.512. The maximum absolute atomic E-state index is 11.3. The molecule has 2 rings (SSSR count). The van der Waals surface area contributed by atoms with Gasteiger partial charge in [-0.2, -0.15) is 0 Å². The summed E-state index contributed by atoms with van der Waals surface area (Å²) in [6.07, 6.45) is 5.75. The third-order valence-corrected chi connectivity index (χ3v) is 4.13. The second kappa shape index (κ2) is 8.27. The Balaban J connectivity index is 1.77. The molecule has 1 aliphatic rings. The number of carbonyl (C=O) groups excluding carboxylic acids is 1. The van der Waals surface area contributed by atoms with Crippen molar-refractivity contribution in [2.75, 3.05) is 6.61 Å². The van der Waals surface area contributed by atoms with E-state index < -0.39 is 0 Å². The number of esters is 1. The van der Waals surface area contributed by atoms with Crippen LogP contribution >= 0.6 is 0 Å². The zero-order chi connectivity index (χ0) is 15.9. The first-order valence-electron chi connectivity index (χ1n) is 8.45. The van der Waals surface area contributed by atoms with E-state index in [1.807, 2.05) is 6.92 Å². The molecule has 0 unspecified atom stereocenters. The minimum Gasteiger partial charge on any atom is -0.466 e. The fraction of sp³-hybridized carbons (Fsp3) is 0.812. The molecule has 6 heteroatoms. The monoisotopic (exact) mass is 308 g/mol. The van der Waals surface area contributed by atoms with E-state index in [9.17, 15) is 4.79 Å². The number of carbonyl (C=O) groups is 1. The predicted molar refractivity (Wildman–Crippen MR) is 84.5 cm³/mol. The van der Waals surface area contributed by atoms with Crippen molar-refractivity contribution < 1.29 is 9.53 Å². The molecule has 0 aliphatic carbocycles. The van der Waals surface area contributed by atoms with E-state index in [0.29, 0.717) is 19.1 Å².